The van der Waals surface area contributed by atoms with E-state index in [4.69, 9.17) is 9.73 Å². The van der Waals surface area contributed by atoms with Crippen LogP contribution in [0.25, 0.3) is 5.65 Å². The Morgan fingerprint density at radius 3 is 2.74 bits per heavy atom. The number of pyridine rings is 1. The predicted molar refractivity (Wildman–Crippen MR) is 109 cm³/mol. The zero-order valence-electron chi connectivity index (χ0n) is 16.2. The zero-order valence-corrected chi connectivity index (χ0v) is 16.2. The molecule has 0 saturated heterocycles. The molecule has 2 heterocycles. The van der Waals surface area contributed by atoms with Gasteiger partial charge in [-0.05, 0) is 39.0 Å². The number of hydrogen-bond donors (Lipinski definition) is 2. The lowest BCUT2D eigenvalue weighted by molar-refractivity contribution is 0.336. The van der Waals surface area contributed by atoms with E-state index in [1.54, 1.807) is 0 Å². The van der Waals surface area contributed by atoms with Crippen LogP contribution in [0.5, 0.6) is 5.75 Å². The van der Waals surface area contributed by atoms with Gasteiger partial charge in [-0.15, -0.1) is 0 Å². The van der Waals surface area contributed by atoms with Crippen LogP contribution in [-0.2, 0) is 13.1 Å². The average Bonchev–Trinajstić information content (AvgIpc) is 3.10. The van der Waals surface area contributed by atoms with Crippen LogP contribution in [0.3, 0.4) is 0 Å². The van der Waals surface area contributed by atoms with E-state index in [9.17, 15) is 0 Å². The Hall–Kier alpha value is -3.02. The number of aliphatic imine (C=N–C) groups is 1. The van der Waals surface area contributed by atoms with Crippen LogP contribution in [0.2, 0.25) is 0 Å². The van der Waals surface area contributed by atoms with Crippen molar-refractivity contribution in [3.8, 4) is 5.75 Å². The molecule has 2 aromatic heterocycles. The van der Waals surface area contributed by atoms with Crippen LogP contribution < -0.4 is 15.4 Å². The van der Waals surface area contributed by atoms with E-state index in [-0.39, 0.29) is 0 Å². The molecule has 6 nitrogen and oxygen atoms in total. The highest BCUT2D eigenvalue weighted by Crippen LogP contribution is 2.18. The topological polar surface area (TPSA) is 63.0 Å². The minimum atomic E-state index is 0.551. The van der Waals surface area contributed by atoms with Gasteiger partial charge in [0.1, 0.15) is 11.4 Å². The first-order valence-electron chi connectivity index (χ1n) is 9.37. The molecule has 0 spiro atoms. The molecule has 6 heteroatoms. The molecule has 0 atom stereocenters. The van der Waals surface area contributed by atoms with E-state index >= 15 is 0 Å². The number of ether oxygens (including phenoxy) is 1. The number of imidazole rings is 1. The highest BCUT2D eigenvalue weighted by atomic mass is 16.5. The van der Waals surface area contributed by atoms with Gasteiger partial charge in [0.25, 0.3) is 0 Å². The molecule has 0 saturated carbocycles. The summed E-state index contributed by atoms with van der Waals surface area (Å²) in [6.07, 6.45) is 2.06. The fourth-order valence-corrected chi connectivity index (χ4v) is 2.90. The van der Waals surface area contributed by atoms with Crippen molar-refractivity contribution in [2.45, 2.75) is 33.9 Å². The molecule has 142 valence electrons. The molecule has 27 heavy (non-hydrogen) atoms. The number of aromatic nitrogens is 2. The summed E-state index contributed by atoms with van der Waals surface area (Å²) < 4.78 is 7.78. The lowest BCUT2D eigenvalue weighted by Crippen LogP contribution is -2.36. The SMILES string of the molecule is CCNC(=NCc1ccccc1OCC)NCc1cn2c(C)cccc2n1. The van der Waals surface area contributed by atoms with Gasteiger partial charge in [-0.25, -0.2) is 9.98 Å². The maximum absolute atomic E-state index is 5.68. The molecule has 2 N–H and O–H groups in total. The molecule has 0 fully saturated rings. The van der Waals surface area contributed by atoms with E-state index in [0.29, 0.717) is 19.7 Å². The second kappa shape index (κ2) is 9.07. The molecule has 3 rings (SSSR count). The van der Waals surface area contributed by atoms with E-state index in [1.165, 1.54) is 5.69 Å². The van der Waals surface area contributed by atoms with Crippen molar-refractivity contribution < 1.29 is 4.74 Å². The second-order valence-corrected chi connectivity index (χ2v) is 6.22. The fourth-order valence-electron chi connectivity index (χ4n) is 2.90. The van der Waals surface area contributed by atoms with Gasteiger partial charge in [0.05, 0.1) is 25.4 Å². The number of nitrogens with one attached hydrogen (secondary N) is 2. The van der Waals surface area contributed by atoms with Gasteiger partial charge in [0.2, 0.25) is 0 Å². The second-order valence-electron chi connectivity index (χ2n) is 6.22. The normalized spacial score (nSPS) is 11.6. The highest BCUT2D eigenvalue weighted by Gasteiger charge is 2.06. The molecule has 0 amide bonds. The summed E-state index contributed by atoms with van der Waals surface area (Å²) in [4.78, 5) is 9.35. The molecule has 3 aromatic rings. The Balaban J connectivity index is 1.69. The minimum Gasteiger partial charge on any atom is -0.494 e. The number of hydrogen-bond acceptors (Lipinski definition) is 3. The zero-order chi connectivity index (χ0) is 19.1. The number of nitrogens with zero attached hydrogens (tertiary/aromatic N) is 3. The highest BCUT2D eigenvalue weighted by molar-refractivity contribution is 5.79. The van der Waals surface area contributed by atoms with Crippen molar-refractivity contribution in [3.05, 3.63) is 65.6 Å². The van der Waals surface area contributed by atoms with Crippen LogP contribution in [0.1, 0.15) is 30.8 Å². The maximum atomic E-state index is 5.68. The molecule has 0 aliphatic heterocycles. The Morgan fingerprint density at radius 1 is 1.11 bits per heavy atom. The quantitative estimate of drug-likeness (QED) is 0.498. The molecular formula is C21H27N5O. The van der Waals surface area contributed by atoms with Crippen LogP contribution in [0.4, 0.5) is 0 Å². The maximum Gasteiger partial charge on any atom is 0.191 e. The minimum absolute atomic E-state index is 0.551. The van der Waals surface area contributed by atoms with Gasteiger partial charge in [-0.3, -0.25) is 0 Å². The summed E-state index contributed by atoms with van der Waals surface area (Å²) >= 11 is 0. The predicted octanol–water partition coefficient (Wildman–Crippen LogP) is 3.30. The summed E-state index contributed by atoms with van der Waals surface area (Å²) in [6, 6.07) is 14.1. The standard InChI is InChI=1S/C21H27N5O/c1-4-22-21(23-13-17-10-6-7-11-19(17)27-5-2)24-14-18-15-26-16(3)9-8-12-20(26)25-18/h6-12,15H,4-5,13-14H2,1-3H3,(H2,22,23,24). The lowest BCUT2D eigenvalue weighted by Gasteiger charge is -2.12. The third kappa shape index (κ3) is 4.78. The van der Waals surface area contributed by atoms with Gasteiger partial charge in [-0.1, -0.05) is 24.3 Å². The monoisotopic (exact) mass is 365 g/mol. The Labute approximate surface area is 160 Å². The van der Waals surface area contributed by atoms with Crippen molar-refractivity contribution in [1.29, 1.82) is 0 Å². The third-order valence-corrected chi connectivity index (χ3v) is 4.21. The van der Waals surface area contributed by atoms with E-state index in [2.05, 4.69) is 46.1 Å². The number of fused-ring (bicyclic) bond motifs is 1. The van der Waals surface area contributed by atoms with Crippen molar-refractivity contribution >= 4 is 11.6 Å². The Bertz CT molecular complexity index is 916. The molecular weight excluding hydrogens is 338 g/mol. The summed E-state index contributed by atoms with van der Waals surface area (Å²) in [5.41, 5.74) is 4.17. The molecule has 0 bridgehead atoms. The molecule has 0 aliphatic carbocycles. The van der Waals surface area contributed by atoms with Gasteiger partial charge in [0, 0.05) is 24.0 Å². The van der Waals surface area contributed by atoms with Crippen molar-refractivity contribution in [3.63, 3.8) is 0 Å². The number of guanidine groups is 1. The summed E-state index contributed by atoms with van der Waals surface area (Å²) in [5, 5.41) is 6.64. The smallest absolute Gasteiger partial charge is 0.191 e. The summed E-state index contributed by atoms with van der Waals surface area (Å²) in [7, 11) is 0. The van der Waals surface area contributed by atoms with Crippen molar-refractivity contribution in [2.75, 3.05) is 13.2 Å². The number of aryl methyl sites for hydroxylation is 1. The van der Waals surface area contributed by atoms with Gasteiger partial charge < -0.3 is 19.8 Å². The number of para-hydroxylation sites is 1. The third-order valence-electron chi connectivity index (χ3n) is 4.21. The average molecular weight is 365 g/mol. The van der Waals surface area contributed by atoms with E-state index in [0.717, 1.165) is 35.2 Å². The molecule has 0 unspecified atom stereocenters. The first-order chi connectivity index (χ1) is 13.2. The van der Waals surface area contributed by atoms with Gasteiger partial charge >= 0.3 is 0 Å². The molecule has 0 radical (unpaired) electrons. The summed E-state index contributed by atoms with van der Waals surface area (Å²) in [5.74, 6) is 1.65. The Morgan fingerprint density at radius 2 is 1.96 bits per heavy atom. The molecule has 0 aliphatic rings. The number of rotatable bonds is 7. The fraction of sp³-hybridized carbons (Fsp3) is 0.333. The van der Waals surface area contributed by atoms with Gasteiger partial charge in [-0.2, -0.15) is 0 Å². The van der Waals surface area contributed by atoms with Crippen LogP contribution in [0, 0.1) is 6.92 Å². The van der Waals surface area contributed by atoms with Crippen LogP contribution in [-0.4, -0.2) is 28.5 Å². The van der Waals surface area contributed by atoms with Crippen LogP contribution in [0.15, 0.2) is 53.7 Å². The van der Waals surface area contributed by atoms with E-state index < -0.39 is 0 Å². The first kappa shape index (κ1) is 18.8. The molecule has 1 aromatic carbocycles. The largest absolute Gasteiger partial charge is 0.494 e. The van der Waals surface area contributed by atoms with Crippen LogP contribution >= 0.6 is 0 Å². The Kier molecular flexibility index (Phi) is 6.30. The summed E-state index contributed by atoms with van der Waals surface area (Å²) in [6.45, 7) is 8.72. The van der Waals surface area contributed by atoms with Crippen molar-refractivity contribution in [1.82, 2.24) is 20.0 Å². The first-order valence-corrected chi connectivity index (χ1v) is 9.37. The van der Waals surface area contributed by atoms with E-state index in [1.807, 2.05) is 43.3 Å². The lowest BCUT2D eigenvalue weighted by atomic mass is 10.2. The van der Waals surface area contributed by atoms with Gasteiger partial charge in [0.15, 0.2) is 5.96 Å². The number of benzene rings is 1. The van der Waals surface area contributed by atoms with Crippen molar-refractivity contribution in [2.24, 2.45) is 4.99 Å².